The topological polar surface area (TPSA) is 38.4 Å². The number of rotatable bonds is 2. The summed E-state index contributed by atoms with van der Waals surface area (Å²) in [5.41, 5.74) is 6.76. The van der Waals surface area contributed by atoms with Gasteiger partial charge in [-0.05, 0) is 17.7 Å². The number of halogens is 1. The van der Waals surface area contributed by atoms with Crippen LogP contribution in [0.3, 0.4) is 0 Å². The molecular weight excluding hydrogens is 216 g/mol. The van der Waals surface area contributed by atoms with Gasteiger partial charge in [0.25, 0.3) is 0 Å². The summed E-state index contributed by atoms with van der Waals surface area (Å²) in [4.78, 5) is 3.89. The normalized spacial score (nSPS) is 11.7. The van der Waals surface area contributed by atoms with Gasteiger partial charge in [0.1, 0.15) is 0 Å². The molecule has 0 atom stereocenters. The second kappa shape index (κ2) is 4.26. The molecule has 0 saturated carbocycles. The van der Waals surface area contributed by atoms with Crippen LogP contribution in [0, 0.1) is 0 Å². The van der Waals surface area contributed by atoms with Gasteiger partial charge in [-0.15, -0.1) is 0 Å². The van der Waals surface area contributed by atoms with Crippen molar-refractivity contribution in [2.24, 2.45) is 10.7 Å². The maximum Gasteiger partial charge on any atom is 0.0978 e. The Hall–Kier alpha value is -0.830. The first-order chi connectivity index (χ1) is 5.72. The molecule has 0 radical (unpaired) electrons. The molecular formula is C9H11BrN2. The Morgan fingerprint density at radius 1 is 1.58 bits per heavy atom. The lowest BCUT2D eigenvalue weighted by molar-refractivity contribution is 1.24. The molecule has 64 valence electrons. The number of hydrogen-bond acceptors (Lipinski definition) is 1. The quantitative estimate of drug-likeness (QED) is 0.608. The Morgan fingerprint density at radius 2 is 2.33 bits per heavy atom. The van der Waals surface area contributed by atoms with E-state index >= 15 is 0 Å². The largest absolute Gasteiger partial charge is 0.387 e. The number of amidine groups is 1. The van der Waals surface area contributed by atoms with Gasteiger partial charge in [-0.2, -0.15) is 0 Å². The van der Waals surface area contributed by atoms with Crippen LogP contribution in [-0.4, -0.2) is 12.9 Å². The summed E-state index contributed by atoms with van der Waals surface area (Å²) in [6, 6.07) is 8.05. The van der Waals surface area contributed by atoms with E-state index in [1.54, 1.807) is 7.05 Å². The van der Waals surface area contributed by atoms with Crippen LogP contribution in [0.15, 0.2) is 33.7 Å². The highest BCUT2D eigenvalue weighted by Gasteiger charge is 1.95. The lowest BCUT2D eigenvalue weighted by atomic mass is 10.1. The molecule has 2 nitrogen and oxygen atoms in total. The predicted octanol–water partition coefficient (Wildman–Crippen LogP) is 1.98. The number of aliphatic imine (C=N–C) groups is 1. The lowest BCUT2D eigenvalue weighted by Crippen LogP contribution is -2.14. The standard InChI is InChI=1S/C9H11BrN2/c1-12-9(11)6-7-3-2-4-8(10)5-7/h2-5H,6H2,1H3,(H2,11,12). The van der Waals surface area contributed by atoms with E-state index in [1.807, 2.05) is 24.3 Å². The van der Waals surface area contributed by atoms with E-state index in [0.717, 1.165) is 10.9 Å². The third kappa shape index (κ3) is 2.66. The minimum atomic E-state index is 0.660. The van der Waals surface area contributed by atoms with Crippen molar-refractivity contribution in [1.29, 1.82) is 0 Å². The fourth-order valence-corrected chi connectivity index (χ4v) is 1.38. The number of nitrogens with zero attached hydrogens (tertiary/aromatic N) is 1. The average molecular weight is 227 g/mol. The van der Waals surface area contributed by atoms with Crippen LogP contribution in [0.5, 0.6) is 0 Å². The first-order valence-corrected chi connectivity index (χ1v) is 4.47. The lowest BCUT2D eigenvalue weighted by Gasteiger charge is -2.00. The molecule has 1 aromatic rings. The molecule has 0 bridgehead atoms. The molecule has 0 aromatic heterocycles. The van der Waals surface area contributed by atoms with Gasteiger partial charge >= 0.3 is 0 Å². The highest BCUT2D eigenvalue weighted by Crippen LogP contribution is 2.11. The van der Waals surface area contributed by atoms with Crippen molar-refractivity contribution in [3.05, 3.63) is 34.3 Å². The minimum Gasteiger partial charge on any atom is -0.387 e. The minimum absolute atomic E-state index is 0.660. The molecule has 0 unspecified atom stereocenters. The summed E-state index contributed by atoms with van der Waals surface area (Å²) >= 11 is 3.39. The highest BCUT2D eigenvalue weighted by atomic mass is 79.9. The summed E-state index contributed by atoms with van der Waals surface area (Å²) in [5, 5.41) is 0. The van der Waals surface area contributed by atoms with Crippen molar-refractivity contribution >= 4 is 21.8 Å². The van der Waals surface area contributed by atoms with Crippen LogP contribution < -0.4 is 5.73 Å². The molecule has 3 heteroatoms. The van der Waals surface area contributed by atoms with Crippen molar-refractivity contribution in [2.45, 2.75) is 6.42 Å². The van der Waals surface area contributed by atoms with Crippen LogP contribution in [0.4, 0.5) is 0 Å². The van der Waals surface area contributed by atoms with E-state index in [2.05, 4.69) is 20.9 Å². The zero-order chi connectivity index (χ0) is 8.97. The third-order valence-corrected chi connectivity index (χ3v) is 2.05. The van der Waals surface area contributed by atoms with Gasteiger partial charge in [0, 0.05) is 17.9 Å². The zero-order valence-electron chi connectivity index (χ0n) is 6.92. The van der Waals surface area contributed by atoms with E-state index in [9.17, 15) is 0 Å². The summed E-state index contributed by atoms with van der Waals surface area (Å²) in [7, 11) is 1.70. The zero-order valence-corrected chi connectivity index (χ0v) is 8.51. The summed E-state index contributed by atoms with van der Waals surface area (Å²) in [6.07, 6.45) is 0.718. The van der Waals surface area contributed by atoms with Crippen molar-refractivity contribution in [2.75, 3.05) is 7.05 Å². The van der Waals surface area contributed by atoms with Crippen molar-refractivity contribution in [1.82, 2.24) is 0 Å². The van der Waals surface area contributed by atoms with Crippen molar-refractivity contribution in [3.8, 4) is 0 Å². The molecule has 1 rings (SSSR count). The number of hydrogen-bond donors (Lipinski definition) is 1. The van der Waals surface area contributed by atoms with E-state index < -0.39 is 0 Å². The Morgan fingerprint density at radius 3 is 2.92 bits per heavy atom. The van der Waals surface area contributed by atoms with Gasteiger partial charge in [0.05, 0.1) is 5.84 Å². The summed E-state index contributed by atoms with van der Waals surface area (Å²) in [5.74, 6) is 0.660. The van der Waals surface area contributed by atoms with Gasteiger partial charge in [-0.25, -0.2) is 0 Å². The summed E-state index contributed by atoms with van der Waals surface area (Å²) in [6.45, 7) is 0. The first-order valence-electron chi connectivity index (χ1n) is 3.68. The Bertz CT molecular complexity index is 294. The average Bonchev–Trinajstić information content (AvgIpc) is 2.04. The molecule has 2 N–H and O–H groups in total. The highest BCUT2D eigenvalue weighted by molar-refractivity contribution is 9.10. The van der Waals surface area contributed by atoms with Crippen LogP contribution >= 0.6 is 15.9 Å². The van der Waals surface area contributed by atoms with Crippen LogP contribution in [0.1, 0.15) is 5.56 Å². The van der Waals surface area contributed by atoms with Crippen molar-refractivity contribution < 1.29 is 0 Å². The van der Waals surface area contributed by atoms with Crippen LogP contribution in [0.2, 0.25) is 0 Å². The second-order valence-electron chi connectivity index (χ2n) is 2.52. The molecule has 0 fully saturated rings. The van der Waals surface area contributed by atoms with Crippen LogP contribution in [-0.2, 0) is 6.42 Å². The third-order valence-electron chi connectivity index (χ3n) is 1.56. The van der Waals surface area contributed by atoms with Gasteiger partial charge in [-0.1, -0.05) is 28.1 Å². The smallest absolute Gasteiger partial charge is 0.0978 e. The van der Waals surface area contributed by atoms with E-state index in [1.165, 1.54) is 5.56 Å². The monoisotopic (exact) mass is 226 g/mol. The first kappa shape index (κ1) is 9.26. The van der Waals surface area contributed by atoms with Crippen LogP contribution in [0.25, 0.3) is 0 Å². The number of benzene rings is 1. The van der Waals surface area contributed by atoms with E-state index in [0.29, 0.717) is 5.84 Å². The molecule has 0 amide bonds. The Balaban J connectivity index is 2.76. The Labute approximate surface area is 80.6 Å². The fraction of sp³-hybridized carbons (Fsp3) is 0.222. The molecule has 0 spiro atoms. The molecule has 0 aliphatic carbocycles. The molecule has 12 heavy (non-hydrogen) atoms. The molecule has 0 heterocycles. The fourth-order valence-electron chi connectivity index (χ4n) is 0.935. The van der Waals surface area contributed by atoms with E-state index in [4.69, 9.17) is 5.73 Å². The SMILES string of the molecule is CN=C(N)Cc1cccc(Br)c1. The van der Waals surface area contributed by atoms with Gasteiger partial charge < -0.3 is 5.73 Å². The van der Waals surface area contributed by atoms with E-state index in [-0.39, 0.29) is 0 Å². The number of nitrogens with two attached hydrogens (primary N) is 1. The van der Waals surface area contributed by atoms with Gasteiger partial charge in [0.15, 0.2) is 0 Å². The maximum absolute atomic E-state index is 5.59. The summed E-state index contributed by atoms with van der Waals surface area (Å²) < 4.78 is 1.07. The predicted molar refractivity (Wildman–Crippen MR) is 55.4 cm³/mol. The van der Waals surface area contributed by atoms with Gasteiger partial charge in [0.2, 0.25) is 0 Å². The molecule has 0 aliphatic rings. The van der Waals surface area contributed by atoms with Gasteiger partial charge in [-0.3, -0.25) is 4.99 Å². The molecule has 1 aromatic carbocycles. The van der Waals surface area contributed by atoms with Crippen molar-refractivity contribution in [3.63, 3.8) is 0 Å². The second-order valence-corrected chi connectivity index (χ2v) is 3.44. The Kier molecular flexibility index (Phi) is 3.29. The molecule has 0 aliphatic heterocycles. The molecule has 0 saturated heterocycles. The maximum atomic E-state index is 5.59.